The van der Waals surface area contributed by atoms with Crippen molar-refractivity contribution in [3.8, 4) is 5.19 Å². The van der Waals surface area contributed by atoms with Crippen LogP contribution < -0.4 is 9.30 Å². The van der Waals surface area contributed by atoms with Crippen molar-refractivity contribution in [3.05, 3.63) is 60.2 Å². The maximum Gasteiger partial charge on any atom is 0.432 e. The molecule has 0 unspecified atom stereocenters. The molecule has 1 aliphatic carbocycles. The molecule has 0 N–H and O–H groups in total. The molecule has 1 aromatic heterocycles. The Balaban J connectivity index is 1.72. The van der Waals surface area contributed by atoms with E-state index in [-0.39, 0.29) is 0 Å². The average Bonchev–Trinajstić information content (AvgIpc) is 3.18. The number of hydrogen-bond acceptors (Lipinski definition) is 2. The Morgan fingerprint density at radius 3 is 2.50 bits per heavy atom. The highest BCUT2D eigenvalue weighted by atomic mass is 32.1. The van der Waals surface area contributed by atoms with Gasteiger partial charge < -0.3 is 4.74 Å². The topological polar surface area (TPSA) is 13.1 Å². The Bertz CT molecular complexity index is 759. The van der Waals surface area contributed by atoms with E-state index in [1.54, 1.807) is 11.3 Å². The van der Waals surface area contributed by atoms with E-state index in [1.165, 1.54) is 41.5 Å². The maximum atomic E-state index is 6.35. The van der Waals surface area contributed by atoms with E-state index in [2.05, 4.69) is 59.2 Å². The number of benzene rings is 2. The second-order valence-electron chi connectivity index (χ2n) is 5.93. The van der Waals surface area contributed by atoms with Gasteiger partial charge in [-0.05, 0) is 43.1 Å². The molecule has 3 heteroatoms. The van der Waals surface area contributed by atoms with Crippen LogP contribution in [0.2, 0.25) is 0 Å². The smallest absolute Gasteiger partial charge is 0.432 e. The largest absolute Gasteiger partial charge is 0.433 e. The predicted molar refractivity (Wildman–Crippen MR) is 90.4 cm³/mol. The van der Waals surface area contributed by atoms with Crippen molar-refractivity contribution in [2.45, 2.75) is 38.3 Å². The summed E-state index contributed by atoms with van der Waals surface area (Å²) in [6.45, 7) is 0.868. The van der Waals surface area contributed by atoms with Crippen molar-refractivity contribution in [2.75, 3.05) is 0 Å². The summed E-state index contributed by atoms with van der Waals surface area (Å²) < 4.78 is 9.97. The third-order valence-corrected chi connectivity index (χ3v) is 5.38. The van der Waals surface area contributed by atoms with Crippen LogP contribution in [-0.4, -0.2) is 6.10 Å². The number of hydrogen-bond donors (Lipinski definition) is 0. The minimum atomic E-state index is 0.398. The zero-order chi connectivity index (χ0) is 14.8. The first kappa shape index (κ1) is 13.8. The molecule has 1 heterocycles. The third-order valence-electron chi connectivity index (χ3n) is 4.33. The monoisotopic (exact) mass is 310 g/mol. The third kappa shape index (κ3) is 2.73. The van der Waals surface area contributed by atoms with E-state index in [1.807, 2.05) is 0 Å². The predicted octanol–water partition coefficient (Wildman–Crippen LogP) is 4.56. The number of aromatic nitrogens is 1. The summed E-state index contributed by atoms with van der Waals surface area (Å²) in [6.07, 6.45) is 5.39. The van der Waals surface area contributed by atoms with Crippen LogP contribution in [0.15, 0.2) is 54.6 Å². The summed E-state index contributed by atoms with van der Waals surface area (Å²) in [6, 6.07) is 19.2. The van der Waals surface area contributed by atoms with Gasteiger partial charge in [0.05, 0.1) is 0 Å². The number of fused-ring (bicyclic) bond motifs is 1. The Kier molecular flexibility index (Phi) is 3.81. The van der Waals surface area contributed by atoms with Gasteiger partial charge in [0.1, 0.15) is 10.8 Å². The molecule has 112 valence electrons. The summed E-state index contributed by atoms with van der Waals surface area (Å²) in [5, 5.41) is 1.05. The highest BCUT2D eigenvalue weighted by Gasteiger charge is 2.26. The van der Waals surface area contributed by atoms with E-state index in [9.17, 15) is 0 Å². The lowest BCUT2D eigenvalue weighted by Gasteiger charge is -2.08. The second kappa shape index (κ2) is 6.09. The molecule has 22 heavy (non-hydrogen) atoms. The Morgan fingerprint density at radius 2 is 1.68 bits per heavy atom. The number of rotatable bonds is 4. The van der Waals surface area contributed by atoms with Gasteiger partial charge in [-0.15, -0.1) is 4.57 Å². The quantitative estimate of drug-likeness (QED) is 0.644. The van der Waals surface area contributed by atoms with Gasteiger partial charge >= 0.3 is 5.19 Å². The fourth-order valence-corrected chi connectivity index (χ4v) is 4.24. The highest BCUT2D eigenvalue weighted by molar-refractivity contribution is 7.19. The lowest BCUT2D eigenvalue weighted by atomic mass is 10.2. The fraction of sp³-hybridized carbons (Fsp3) is 0.316. The Morgan fingerprint density at radius 1 is 0.955 bits per heavy atom. The van der Waals surface area contributed by atoms with Gasteiger partial charge in [0.15, 0.2) is 6.54 Å². The van der Waals surface area contributed by atoms with E-state index >= 15 is 0 Å². The number of thiazole rings is 1. The normalized spacial score (nSPS) is 15.5. The maximum absolute atomic E-state index is 6.35. The first-order chi connectivity index (χ1) is 10.9. The summed E-state index contributed by atoms with van der Waals surface area (Å²) in [5.41, 5.74) is 2.58. The Hall–Kier alpha value is -1.87. The summed E-state index contributed by atoms with van der Waals surface area (Å²) in [7, 11) is 0. The zero-order valence-corrected chi connectivity index (χ0v) is 13.4. The number of para-hydroxylation sites is 1. The molecule has 1 fully saturated rings. The van der Waals surface area contributed by atoms with Crippen molar-refractivity contribution in [1.29, 1.82) is 0 Å². The first-order valence-electron chi connectivity index (χ1n) is 8.02. The molecule has 0 radical (unpaired) electrons. The first-order valence-corrected chi connectivity index (χ1v) is 8.84. The molecule has 3 aromatic rings. The van der Waals surface area contributed by atoms with Crippen LogP contribution in [0.5, 0.6) is 5.19 Å². The van der Waals surface area contributed by atoms with Crippen LogP contribution in [0.3, 0.4) is 0 Å². The molecular formula is C19H20NOS+. The molecule has 0 atom stereocenters. The van der Waals surface area contributed by atoms with E-state index in [0.29, 0.717) is 6.10 Å². The summed E-state index contributed by atoms with van der Waals surface area (Å²) in [4.78, 5) is 0. The van der Waals surface area contributed by atoms with Gasteiger partial charge in [0.25, 0.3) is 0 Å². The molecule has 1 saturated carbocycles. The van der Waals surface area contributed by atoms with Crippen LogP contribution >= 0.6 is 11.3 Å². The van der Waals surface area contributed by atoms with Crippen LogP contribution in [0.25, 0.3) is 10.2 Å². The summed E-state index contributed by atoms with van der Waals surface area (Å²) >= 11 is 1.77. The van der Waals surface area contributed by atoms with Gasteiger partial charge in [0, 0.05) is 11.6 Å². The van der Waals surface area contributed by atoms with Gasteiger partial charge in [-0.3, -0.25) is 0 Å². The van der Waals surface area contributed by atoms with Crippen LogP contribution in [0, 0.1) is 0 Å². The summed E-state index contributed by atoms with van der Waals surface area (Å²) in [5.74, 6) is 0. The van der Waals surface area contributed by atoms with Gasteiger partial charge in [-0.2, -0.15) is 0 Å². The molecule has 0 spiro atoms. The van der Waals surface area contributed by atoms with E-state index in [4.69, 9.17) is 4.74 Å². The standard InChI is InChI=1S/C19H20NOS/c1-2-8-15(9-3-1)14-20-17-12-6-7-13-18(17)22-19(20)21-16-10-4-5-11-16/h1-3,6-9,12-13,16H,4-5,10-11,14H2/q+1. The lowest BCUT2D eigenvalue weighted by Crippen LogP contribution is -2.36. The molecule has 4 rings (SSSR count). The van der Waals surface area contributed by atoms with Crippen LogP contribution in [-0.2, 0) is 6.54 Å². The van der Waals surface area contributed by atoms with Gasteiger partial charge in [-0.25, -0.2) is 0 Å². The lowest BCUT2D eigenvalue weighted by molar-refractivity contribution is -0.664. The molecule has 2 aromatic carbocycles. The molecule has 1 aliphatic rings. The highest BCUT2D eigenvalue weighted by Crippen LogP contribution is 2.30. The van der Waals surface area contributed by atoms with Crippen molar-refractivity contribution in [3.63, 3.8) is 0 Å². The molecule has 0 amide bonds. The number of nitrogens with zero attached hydrogens (tertiary/aromatic N) is 1. The SMILES string of the molecule is c1ccc(C[n+]2c(OC3CCCC3)sc3ccccc32)cc1. The van der Waals surface area contributed by atoms with E-state index in [0.717, 1.165) is 11.7 Å². The molecule has 0 saturated heterocycles. The number of ether oxygens (including phenoxy) is 1. The van der Waals surface area contributed by atoms with Gasteiger partial charge in [0.2, 0.25) is 5.52 Å². The molecule has 0 aliphatic heterocycles. The van der Waals surface area contributed by atoms with Crippen LogP contribution in [0.4, 0.5) is 0 Å². The minimum absolute atomic E-state index is 0.398. The van der Waals surface area contributed by atoms with E-state index < -0.39 is 0 Å². The minimum Gasteiger partial charge on any atom is -0.433 e. The van der Waals surface area contributed by atoms with Crippen LogP contribution in [0.1, 0.15) is 31.2 Å². The van der Waals surface area contributed by atoms with Gasteiger partial charge in [-0.1, -0.05) is 42.5 Å². The van der Waals surface area contributed by atoms with Crippen molar-refractivity contribution < 1.29 is 9.30 Å². The zero-order valence-electron chi connectivity index (χ0n) is 12.6. The second-order valence-corrected chi connectivity index (χ2v) is 6.92. The van der Waals surface area contributed by atoms with Crippen molar-refractivity contribution in [2.24, 2.45) is 0 Å². The fourth-order valence-electron chi connectivity index (χ4n) is 3.17. The molecular weight excluding hydrogens is 290 g/mol. The Labute approximate surface area is 135 Å². The molecule has 2 nitrogen and oxygen atoms in total. The van der Waals surface area contributed by atoms with Crippen molar-refractivity contribution in [1.82, 2.24) is 0 Å². The average molecular weight is 310 g/mol. The van der Waals surface area contributed by atoms with Crippen molar-refractivity contribution >= 4 is 21.6 Å². The molecule has 0 bridgehead atoms.